The van der Waals surface area contributed by atoms with Crippen LogP contribution in [0.2, 0.25) is 5.02 Å². The number of nitrogens with one attached hydrogen (secondary N) is 2. The summed E-state index contributed by atoms with van der Waals surface area (Å²) in [4.78, 5) is 12.8. The van der Waals surface area contributed by atoms with Crippen molar-refractivity contribution in [2.24, 2.45) is 0 Å². The van der Waals surface area contributed by atoms with Gasteiger partial charge in [-0.15, -0.1) is 0 Å². The first-order chi connectivity index (χ1) is 16.1. The van der Waals surface area contributed by atoms with Gasteiger partial charge in [-0.2, -0.15) is 18.3 Å². The quantitative estimate of drug-likeness (QED) is 0.435. The van der Waals surface area contributed by atoms with E-state index in [1.165, 1.54) is 7.11 Å². The number of aromatic nitrogens is 2. The maximum atomic E-state index is 13.9. The fourth-order valence-electron chi connectivity index (χ4n) is 3.82. The van der Waals surface area contributed by atoms with Crippen molar-refractivity contribution >= 4 is 29.0 Å². The van der Waals surface area contributed by atoms with Crippen molar-refractivity contribution in [3.63, 3.8) is 0 Å². The molecule has 0 aliphatic carbocycles. The summed E-state index contributed by atoms with van der Waals surface area (Å²) in [6, 6.07) is 10.4. The highest BCUT2D eigenvalue weighted by Crippen LogP contribution is 2.46. The number of carbonyl (C=O) groups excluding carboxylic acids is 1. The summed E-state index contributed by atoms with van der Waals surface area (Å²) < 4.78 is 47.7. The molecular weight excluding hydrogens is 473 g/mol. The summed E-state index contributed by atoms with van der Waals surface area (Å²) in [7, 11) is 1.50. The number of hydrogen-bond donors (Lipinski definition) is 3. The summed E-state index contributed by atoms with van der Waals surface area (Å²) in [5.74, 6) is -0.249. The highest BCUT2D eigenvalue weighted by atomic mass is 35.5. The molecule has 0 radical (unpaired) electrons. The maximum Gasteiger partial charge on any atom is 0.410 e. The Morgan fingerprint density at radius 1 is 1.24 bits per heavy atom. The van der Waals surface area contributed by atoms with Gasteiger partial charge in [0.2, 0.25) is 0 Å². The van der Waals surface area contributed by atoms with E-state index in [2.05, 4.69) is 15.7 Å². The molecule has 1 aliphatic heterocycles. The van der Waals surface area contributed by atoms with E-state index in [1.807, 2.05) is 0 Å². The zero-order chi connectivity index (χ0) is 24.6. The number of aliphatic hydroxyl groups excluding tert-OH is 1. The number of methoxy groups -OCH3 is 1. The number of halogens is 4. The third kappa shape index (κ3) is 4.69. The second-order valence-corrected chi connectivity index (χ2v) is 8.35. The number of hydrogen-bond acceptors (Lipinski definition) is 5. The standard InChI is InChI=1S/C23H22ClF3N4O3/c1-12(32)13-3-7-15(8-4-13)28-22(33)20-19(24)21-29-17(14-5-9-16(34-2)10-6-14)11-18(23(25,26)27)31(21)30-20/h3-10,12,17-18,29,32H,11H2,1-2H3,(H,28,33)/t12-,17-,18-/m1/s1. The molecule has 0 spiro atoms. The third-order valence-electron chi connectivity index (χ3n) is 5.68. The zero-order valence-electron chi connectivity index (χ0n) is 18.2. The van der Waals surface area contributed by atoms with Gasteiger partial charge in [0.15, 0.2) is 11.7 Å². The predicted molar refractivity (Wildman–Crippen MR) is 121 cm³/mol. The molecule has 1 aromatic heterocycles. The lowest BCUT2D eigenvalue weighted by Crippen LogP contribution is -2.35. The SMILES string of the molecule is COc1ccc([C@H]2C[C@H](C(F)(F)F)n3nc(C(=O)Nc4ccc([C@@H](C)O)cc4)c(Cl)c3N2)cc1. The van der Waals surface area contributed by atoms with Crippen LogP contribution in [0.15, 0.2) is 48.5 Å². The number of aliphatic hydroxyl groups is 1. The molecule has 1 amide bonds. The lowest BCUT2D eigenvalue weighted by Gasteiger charge is -2.33. The van der Waals surface area contributed by atoms with Crippen molar-refractivity contribution in [3.05, 3.63) is 70.4 Å². The van der Waals surface area contributed by atoms with Gasteiger partial charge in [-0.1, -0.05) is 35.9 Å². The number of benzene rings is 2. The van der Waals surface area contributed by atoms with E-state index in [1.54, 1.807) is 55.5 Å². The van der Waals surface area contributed by atoms with Crippen LogP contribution in [0.1, 0.15) is 53.1 Å². The first kappa shape index (κ1) is 23.9. The van der Waals surface area contributed by atoms with Gasteiger partial charge in [0.05, 0.1) is 19.3 Å². The number of carbonyl (C=O) groups is 1. The lowest BCUT2D eigenvalue weighted by atomic mass is 9.97. The Morgan fingerprint density at radius 2 is 1.88 bits per heavy atom. The normalized spacial score (nSPS) is 18.6. The largest absolute Gasteiger partial charge is 0.497 e. The molecule has 1 aliphatic rings. The Labute approximate surface area is 198 Å². The average molecular weight is 495 g/mol. The second kappa shape index (κ2) is 9.19. The van der Waals surface area contributed by atoms with Crippen molar-refractivity contribution in [1.82, 2.24) is 9.78 Å². The van der Waals surface area contributed by atoms with E-state index in [4.69, 9.17) is 16.3 Å². The van der Waals surface area contributed by atoms with Crippen molar-refractivity contribution in [3.8, 4) is 5.75 Å². The first-order valence-electron chi connectivity index (χ1n) is 10.4. The van der Waals surface area contributed by atoms with Crippen molar-refractivity contribution < 1.29 is 27.8 Å². The molecule has 2 heterocycles. The van der Waals surface area contributed by atoms with E-state index < -0.39 is 30.3 Å². The molecule has 4 rings (SSSR count). The Morgan fingerprint density at radius 3 is 2.44 bits per heavy atom. The van der Waals surface area contributed by atoms with E-state index in [9.17, 15) is 23.1 Å². The van der Waals surface area contributed by atoms with Crippen LogP contribution in [-0.4, -0.2) is 34.1 Å². The minimum absolute atomic E-state index is 0.0781. The van der Waals surface area contributed by atoms with Crippen LogP contribution in [0.5, 0.6) is 5.75 Å². The molecule has 34 heavy (non-hydrogen) atoms. The minimum atomic E-state index is -4.61. The number of fused-ring (bicyclic) bond motifs is 1. The number of nitrogens with zero attached hydrogens (tertiary/aromatic N) is 2. The lowest BCUT2D eigenvalue weighted by molar-refractivity contribution is -0.173. The van der Waals surface area contributed by atoms with Gasteiger partial charge < -0.3 is 20.5 Å². The van der Waals surface area contributed by atoms with Crippen LogP contribution in [0.4, 0.5) is 24.7 Å². The molecule has 3 atom stereocenters. The molecule has 0 fully saturated rings. The Hall–Kier alpha value is -3.24. The third-order valence-corrected chi connectivity index (χ3v) is 6.04. The van der Waals surface area contributed by atoms with E-state index >= 15 is 0 Å². The minimum Gasteiger partial charge on any atom is -0.497 e. The predicted octanol–water partition coefficient (Wildman–Crippen LogP) is 5.51. The molecule has 180 valence electrons. The summed E-state index contributed by atoms with van der Waals surface area (Å²) in [5.41, 5.74) is 1.32. The topological polar surface area (TPSA) is 88.4 Å². The monoisotopic (exact) mass is 494 g/mol. The highest BCUT2D eigenvalue weighted by molar-refractivity contribution is 6.36. The van der Waals surface area contributed by atoms with Crippen LogP contribution in [-0.2, 0) is 0 Å². The fourth-order valence-corrected chi connectivity index (χ4v) is 4.09. The summed E-state index contributed by atoms with van der Waals surface area (Å²) in [6.45, 7) is 1.60. The maximum absolute atomic E-state index is 13.9. The average Bonchev–Trinajstić information content (AvgIpc) is 3.14. The van der Waals surface area contributed by atoms with Gasteiger partial charge >= 0.3 is 6.18 Å². The van der Waals surface area contributed by atoms with Gasteiger partial charge in [-0.05, 0) is 42.3 Å². The van der Waals surface area contributed by atoms with Crippen molar-refractivity contribution in [1.29, 1.82) is 0 Å². The van der Waals surface area contributed by atoms with Crippen LogP contribution in [0.3, 0.4) is 0 Å². The number of ether oxygens (including phenoxy) is 1. The molecule has 0 saturated carbocycles. The molecule has 3 aromatic rings. The van der Waals surface area contributed by atoms with Crippen LogP contribution < -0.4 is 15.4 Å². The van der Waals surface area contributed by atoms with Gasteiger partial charge in [0.25, 0.3) is 5.91 Å². The molecule has 7 nitrogen and oxygen atoms in total. The van der Waals surface area contributed by atoms with Gasteiger partial charge in [-0.3, -0.25) is 4.79 Å². The number of amides is 1. The first-order valence-corrected chi connectivity index (χ1v) is 10.8. The zero-order valence-corrected chi connectivity index (χ0v) is 19.0. The van der Waals surface area contributed by atoms with Gasteiger partial charge in [0.1, 0.15) is 16.6 Å². The van der Waals surface area contributed by atoms with E-state index in [0.717, 1.165) is 4.68 Å². The fraction of sp³-hybridized carbons (Fsp3) is 0.304. The van der Waals surface area contributed by atoms with E-state index in [-0.39, 0.29) is 23.0 Å². The molecule has 11 heteroatoms. The number of alkyl halides is 3. The highest BCUT2D eigenvalue weighted by Gasteiger charge is 2.47. The smallest absolute Gasteiger partial charge is 0.410 e. The molecule has 0 bridgehead atoms. The molecule has 3 N–H and O–H groups in total. The summed E-state index contributed by atoms with van der Waals surface area (Å²) in [6.07, 6.45) is -5.62. The van der Waals surface area contributed by atoms with Crippen LogP contribution in [0, 0.1) is 0 Å². The molecular formula is C23H22ClF3N4O3. The van der Waals surface area contributed by atoms with Crippen molar-refractivity contribution in [2.75, 3.05) is 17.7 Å². The summed E-state index contributed by atoms with van der Waals surface area (Å²) >= 11 is 6.36. The second-order valence-electron chi connectivity index (χ2n) is 7.97. The van der Waals surface area contributed by atoms with Crippen LogP contribution in [0.25, 0.3) is 0 Å². The van der Waals surface area contributed by atoms with Crippen molar-refractivity contribution in [2.45, 2.75) is 37.7 Å². The molecule has 0 saturated heterocycles. The molecule has 2 aromatic carbocycles. The Balaban J connectivity index is 1.64. The van der Waals surface area contributed by atoms with Gasteiger partial charge in [0, 0.05) is 12.1 Å². The van der Waals surface area contributed by atoms with Crippen LogP contribution >= 0.6 is 11.6 Å². The summed E-state index contributed by atoms with van der Waals surface area (Å²) in [5, 5.41) is 18.9. The van der Waals surface area contributed by atoms with E-state index in [0.29, 0.717) is 22.6 Å². The Kier molecular flexibility index (Phi) is 6.46. The molecule has 0 unspecified atom stereocenters. The van der Waals surface area contributed by atoms with Gasteiger partial charge in [-0.25, -0.2) is 4.68 Å². The Bertz CT molecular complexity index is 1180. The number of anilines is 2. The number of rotatable bonds is 5.